The van der Waals surface area contributed by atoms with Crippen molar-refractivity contribution >= 4 is 23.4 Å². The van der Waals surface area contributed by atoms with Gasteiger partial charge in [-0.2, -0.15) is 0 Å². The molecule has 0 saturated heterocycles. The fourth-order valence-electron chi connectivity index (χ4n) is 4.92. The number of ether oxygens (including phenoxy) is 2. The van der Waals surface area contributed by atoms with Crippen LogP contribution in [-0.2, 0) is 19.1 Å². The van der Waals surface area contributed by atoms with Crippen LogP contribution in [0, 0.1) is 0 Å². The minimum absolute atomic E-state index is 0.364. The van der Waals surface area contributed by atoms with Gasteiger partial charge in [-0.3, -0.25) is 9.98 Å². The van der Waals surface area contributed by atoms with Crippen LogP contribution in [0.5, 0.6) is 0 Å². The molecule has 0 aliphatic rings. The Bertz CT molecular complexity index is 1290. The molecule has 4 rings (SSSR count). The highest BCUT2D eigenvalue weighted by Gasteiger charge is 2.22. The molecule has 0 aromatic heterocycles. The van der Waals surface area contributed by atoms with E-state index in [0.717, 1.165) is 52.9 Å². The Morgan fingerprint density at radius 1 is 0.488 bits per heavy atom. The van der Waals surface area contributed by atoms with E-state index >= 15 is 0 Å². The van der Waals surface area contributed by atoms with Gasteiger partial charge in [0.25, 0.3) is 0 Å². The maximum atomic E-state index is 12.8. The Morgan fingerprint density at radius 3 is 1.02 bits per heavy atom. The van der Waals surface area contributed by atoms with Crippen LogP contribution in [0.15, 0.2) is 131 Å². The first-order valence-corrected chi connectivity index (χ1v) is 14.6. The van der Waals surface area contributed by atoms with Crippen molar-refractivity contribution in [2.45, 2.75) is 44.2 Å². The van der Waals surface area contributed by atoms with Crippen LogP contribution in [0.25, 0.3) is 0 Å². The van der Waals surface area contributed by atoms with Crippen LogP contribution < -0.4 is 0 Å². The lowest BCUT2D eigenvalue weighted by molar-refractivity contribution is -0.142. The lowest BCUT2D eigenvalue weighted by Gasteiger charge is -2.16. The molecule has 0 radical (unpaired) electrons. The summed E-state index contributed by atoms with van der Waals surface area (Å²) < 4.78 is 10.3. The summed E-state index contributed by atoms with van der Waals surface area (Å²) in [6, 6.07) is 38.2. The van der Waals surface area contributed by atoms with Gasteiger partial charge in [0.1, 0.15) is 12.1 Å². The van der Waals surface area contributed by atoms with Crippen LogP contribution >= 0.6 is 0 Å². The first-order valence-electron chi connectivity index (χ1n) is 14.6. The van der Waals surface area contributed by atoms with E-state index < -0.39 is 12.1 Å². The number of nitrogens with zero attached hydrogens (tertiary/aromatic N) is 2. The van der Waals surface area contributed by atoms with Crippen molar-refractivity contribution in [2.75, 3.05) is 14.2 Å². The summed E-state index contributed by atoms with van der Waals surface area (Å²) in [5, 5.41) is 0. The zero-order chi connectivity index (χ0) is 30.3. The highest BCUT2D eigenvalue weighted by Crippen LogP contribution is 2.19. The number of rotatable bonds is 14. The average Bonchev–Trinajstić information content (AvgIpc) is 3.08. The minimum atomic E-state index is -0.641. The first-order chi connectivity index (χ1) is 21.1. The van der Waals surface area contributed by atoms with Crippen molar-refractivity contribution in [3.8, 4) is 0 Å². The van der Waals surface area contributed by atoms with Gasteiger partial charge >= 0.3 is 11.9 Å². The van der Waals surface area contributed by atoms with Crippen LogP contribution in [0.2, 0.25) is 0 Å². The van der Waals surface area contributed by atoms with Crippen molar-refractivity contribution in [2.24, 2.45) is 9.98 Å². The van der Waals surface area contributed by atoms with E-state index in [0.29, 0.717) is 12.8 Å². The fraction of sp³-hybridized carbons (Fsp3) is 0.243. The van der Waals surface area contributed by atoms with Gasteiger partial charge in [0.2, 0.25) is 0 Å². The van der Waals surface area contributed by atoms with Gasteiger partial charge < -0.3 is 9.47 Å². The maximum Gasteiger partial charge on any atom is 0.330 e. The Labute approximate surface area is 254 Å². The van der Waals surface area contributed by atoms with Crippen molar-refractivity contribution in [3.05, 3.63) is 144 Å². The summed E-state index contributed by atoms with van der Waals surface area (Å²) in [4.78, 5) is 35.4. The number of esters is 2. The zero-order valence-corrected chi connectivity index (χ0v) is 24.8. The van der Waals surface area contributed by atoms with Crippen molar-refractivity contribution in [1.29, 1.82) is 0 Å². The summed E-state index contributed by atoms with van der Waals surface area (Å²) >= 11 is 0. The molecule has 6 nitrogen and oxygen atoms in total. The fourth-order valence-corrected chi connectivity index (χ4v) is 4.92. The summed E-state index contributed by atoms with van der Waals surface area (Å²) in [5.74, 6) is -0.728. The van der Waals surface area contributed by atoms with Gasteiger partial charge in [-0.25, -0.2) is 9.59 Å². The molecule has 0 saturated carbocycles. The van der Waals surface area contributed by atoms with Gasteiger partial charge in [-0.1, -0.05) is 141 Å². The average molecular weight is 575 g/mol. The number of hydrogen-bond donors (Lipinski definition) is 0. The second-order valence-electron chi connectivity index (χ2n) is 10.1. The molecule has 0 amide bonds. The normalized spacial score (nSPS) is 12.0. The number of aliphatic imine (C=N–C) groups is 2. The van der Waals surface area contributed by atoms with Gasteiger partial charge in [-0.05, 0) is 12.8 Å². The molecule has 0 fully saturated rings. The van der Waals surface area contributed by atoms with Crippen molar-refractivity contribution < 1.29 is 19.1 Å². The predicted molar refractivity (Wildman–Crippen MR) is 172 cm³/mol. The monoisotopic (exact) mass is 574 g/mol. The van der Waals surface area contributed by atoms with E-state index in [4.69, 9.17) is 19.5 Å². The van der Waals surface area contributed by atoms with Crippen molar-refractivity contribution in [1.82, 2.24) is 0 Å². The van der Waals surface area contributed by atoms with Gasteiger partial charge in [0.05, 0.1) is 25.6 Å². The lowest BCUT2D eigenvalue weighted by atomic mass is 10.00. The van der Waals surface area contributed by atoms with Crippen LogP contribution in [0.1, 0.15) is 54.4 Å². The molecule has 220 valence electrons. The molecule has 2 atom stereocenters. The van der Waals surface area contributed by atoms with E-state index in [2.05, 4.69) is 0 Å². The summed E-state index contributed by atoms with van der Waals surface area (Å²) in [7, 11) is 2.79. The number of hydrogen-bond acceptors (Lipinski definition) is 6. The highest BCUT2D eigenvalue weighted by atomic mass is 16.5. The standard InChI is InChI=1S/C37H38N2O4/c1-42-36(40)32(38-34(28-18-8-3-9-19-28)29-20-10-4-11-21-29)26-16-7-17-27-33(37(41)43-2)39-35(30-22-12-5-13-23-30)31-24-14-6-15-25-31/h3-6,8-15,18-25,32-33H,7,16-17,26-27H2,1-2H3. The molecule has 43 heavy (non-hydrogen) atoms. The molecular weight excluding hydrogens is 536 g/mol. The molecule has 0 heterocycles. The minimum Gasteiger partial charge on any atom is -0.467 e. The van der Waals surface area contributed by atoms with E-state index in [9.17, 15) is 9.59 Å². The second-order valence-corrected chi connectivity index (χ2v) is 10.1. The van der Waals surface area contributed by atoms with Crippen LogP contribution in [0.4, 0.5) is 0 Å². The van der Waals surface area contributed by atoms with Gasteiger partial charge in [-0.15, -0.1) is 0 Å². The van der Waals surface area contributed by atoms with E-state index in [1.54, 1.807) is 0 Å². The highest BCUT2D eigenvalue weighted by molar-refractivity contribution is 6.14. The smallest absolute Gasteiger partial charge is 0.330 e. The van der Waals surface area contributed by atoms with Gasteiger partial charge in [0.15, 0.2) is 0 Å². The second kappa shape index (κ2) is 16.6. The Hall–Kier alpha value is -4.84. The van der Waals surface area contributed by atoms with E-state index in [-0.39, 0.29) is 11.9 Å². The first kappa shape index (κ1) is 31.1. The molecule has 0 aliphatic heterocycles. The molecule has 0 bridgehead atoms. The third-order valence-electron chi connectivity index (χ3n) is 7.16. The summed E-state index contributed by atoms with van der Waals surface area (Å²) in [6.45, 7) is 0. The zero-order valence-electron chi connectivity index (χ0n) is 24.8. The predicted octanol–water partition coefficient (Wildman–Crippen LogP) is 7.10. The molecule has 2 unspecified atom stereocenters. The molecule has 0 N–H and O–H groups in total. The SMILES string of the molecule is COC(=O)C(CCCCCC(N=C(c1ccccc1)c1ccccc1)C(=O)OC)N=C(c1ccccc1)c1ccccc1. The largest absolute Gasteiger partial charge is 0.467 e. The number of carbonyl (C=O) groups excluding carboxylic acids is 2. The van der Waals surface area contributed by atoms with Crippen LogP contribution in [0.3, 0.4) is 0 Å². The number of benzene rings is 4. The van der Waals surface area contributed by atoms with Gasteiger partial charge in [0, 0.05) is 22.3 Å². The Kier molecular flexibility index (Phi) is 12.0. The Balaban J connectivity index is 1.47. The maximum absolute atomic E-state index is 12.8. The quantitative estimate of drug-likeness (QED) is 0.0915. The van der Waals surface area contributed by atoms with Crippen molar-refractivity contribution in [3.63, 3.8) is 0 Å². The third-order valence-corrected chi connectivity index (χ3v) is 7.16. The molecule has 4 aromatic carbocycles. The summed E-state index contributed by atoms with van der Waals surface area (Å²) in [6.07, 6.45) is 3.33. The lowest BCUT2D eigenvalue weighted by Crippen LogP contribution is -2.23. The summed E-state index contributed by atoms with van der Waals surface area (Å²) in [5.41, 5.74) is 5.27. The molecular formula is C37H38N2O4. The molecule has 6 heteroatoms. The Morgan fingerprint density at radius 2 is 0.767 bits per heavy atom. The molecule has 4 aromatic rings. The molecule has 0 aliphatic carbocycles. The van der Waals surface area contributed by atoms with Crippen LogP contribution in [-0.4, -0.2) is 49.7 Å². The van der Waals surface area contributed by atoms with E-state index in [1.807, 2.05) is 121 Å². The topological polar surface area (TPSA) is 77.3 Å². The number of unbranched alkanes of at least 4 members (excludes halogenated alkanes) is 2. The number of carbonyl (C=O) groups is 2. The third kappa shape index (κ3) is 9.07. The van der Waals surface area contributed by atoms with E-state index in [1.165, 1.54) is 14.2 Å². The number of methoxy groups -OCH3 is 2. The molecule has 0 spiro atoms.